The lowest BCUT2D eigenvalue weighted by atomic mass is 10.1. The number of methoxy groups -OCH3 is 3. The van der Waals surface area contributed by atoms with Crippen molar-refractivity contribution in [2.24, 2.45) is 4.99 Å². The number of hydrogen-bond donors (Lipinski definition) is 0. The van der Waals surface area contributed by atoms with Crippen molar-refractivity contribution in [1.82, 2.24) is 4.90 Å². The molecule has 1 aromatic rings. The molecule has 0 N–H and O–H groups in total. The predicted octanol–water partition coefficient (Wildman–Crippen LogP) is 2.01. The van der Waals surface area contributed by atoms with Crippen molar-refractivity contribution in [3.63, 3.8) is 0 Å². The minimum absolute atomic E-state index is 0.236. The van der Waals surface area contributed by atoms with Crippen LogP contribution < -0.4 is 14.2 Å². The fraction of sp³-hybridized carbons (Fsp3) is 0.412. The lowest BCUT2D eigenvalue weighted by molar-refractivity contribution is -0.113. The number of amides is 1. The third-order valence-corrected chi connectivity index (χ3v) is 4.92. The van der Waals surface area contributed by atoms with E-state index in [9.17, 15) is 4.79 Å². The van der Waals surface area contributed by atoms with Crippen molar-refractivity contribution in [2.75, 3.05) is 47.6 Å². The molecule has 1 amide bonds. The first-order valence-electron chi connectivity index (χ1n) is 7.81. The monoisotopic (exact) mass is 364 g/mol. The van der Waals surface area contributed by atoms with Crippen molar-refractivity contribution in [2.45, 2.75) is 0 Å². The minimum Gasteiger partial charge on any atom is -0.493 e. The molecule has 0 aromatic heterocycles. The molecule has 0 radical (unpaired) electrons. The molecule has 3 rings (SSSR count). The predicted molar refractivity (Wildman–Crippen MR) is 96.5 cm³/mol. The minimum atomic E-state index is -0.236. The Balaban J connectivity index is 1.85. The average Bonchev–Trinajstić information content (AvgIpc) is 3.02. The van der Waals surface area contributed by atoms with Gasteiger partial charge in [0.05, 0.1) is 39.4 Å². The van der Waals surface area contributed by atoms with Gasteiger partial charge in [-0.3, -0.25) is 4.79 Å². The second-order valence-electron chi connectivity index (χ2n) is 5.37. The Hall–Kier alpha value is -2.19. The number of morpholine rings is 1. The summed E-state index contributed by atoms with van der Waals surface area (Å²) in [5, 5.41) is 0.729. The van der Waals surface area contributed by atoms with Crippen LogP contribution in [0.1, 0.15) is 5.56 Å². The maximum atomic E-state index is 12.2. The van der Waals surface area contributed by atoms with Crippen LogP contribution in [0.3, 0.4) is 0 Å². The molecule has 8 heteroatoms. The maximum absolute atomic E-state index is 12.2. The first kappa shape index (κ1) is 17.6. The number of benzene rings is 1. The van der Waals surface area contributed by atoms with Gasteiger partial charge >= 0.3 is 0 Å². The summed E-state index contributed by atoms with van der Waals surface area (Å²) in [4.78, 5) is 19.0. The van der Waals surface area contributed by atoms with E-state index < -0.39 is 0 Å². The first-order valence-corrected chi connectivity index (χ1v) is 8.63. The van der Waals surface area contributed by atoms with Gasteiger partial charge in [-0.15, -0.1) is 0 Å². The molecule has 0 atom stereocenters. The van der Waals surface area contributed by atoms with Gasteiger partial charge in [0.25, 0.3) is 5.91 Å². The van der Waals surface area contributed by atoms with Crippen LogP contribution in [0.5, 0.6) is 17.2 Å². The Labute approximate surface area is 150 Å². The molecule has 2 heterocycles. The van der Waals surface area contributed by atoms with Crippen molar-refractivity contribution < 1.29 is 23.7 Å². The van der Waals surface area contributed by atoms with E-state index in [1.807, 2.05) is 0 Å². The summed E-state index contributed by atoms with van der Waals surface area (Å²) in [6, 6.07) is 3.60. The van der Waals surface area contributed by atoms with Crippen LogP contribution >= 0.6 is 11.8 Å². The molecule has 0 saturated carbocycles. The zero-order valence-electron chi connectivity index (χ0n) is 14.4. The van der Waals surface area contributed by atoms with Gasteiger partial charge in [0.2, 0.25) is 5.75 Å². The van der Waals surface area contributed by atoms with Crippen molar-refractivity contribution in [3.8, 4) is 17.2 Å². The van der Waals surface area contributed by atoms with Gasteiger partial charge < -0.3 is 23.8 Å². The molecule has 1 fully saturated rings. The van der Waals surface area contributed by atoms with Crippen LogP contribution in [0.4, 0.5) is 0 Å². The van der Waals surface area contributed by atoms with E-state index in [0.717, 1.165) is 23.8 Å². The summed E-state index contributed by atoms with van der Waals surface area (Å²) >= 11 is 1.38. The van der Waals surface area contributed by atoms with Crippen LogP contribution in [0.2, 0.25) is 0 Å². The number of thioether (sulfide) groups is 1. The third-order valence-electron chi connectivity index (χ3n) is 3.88. The Kier molecular flexibility index (Phi) is 5.50. The van der Waals surface area contributed by atoms with Crippen molar-refractivity contribution in [1.29, 1.82) is 0 Å². The summed E-state index contributed by atoms with van der Waals surface area (Å²) in [5.74, 6) is 1.36. The van der Waals surface area contributed by atoms with E-state index in [4.69, 9.17) is 18.9 Å². The number of rotatable bonds is 4. The third kappa shape index (κ3) is 3.74. The average molecular weight is 364 g/mol. The Morgan fingerprint density at radius 3 is 2.32 bits per heavy atom. The standard InChI is InChI=1S/C17H20N2O5S/c1-21-12-8-11(9-13(22-2)15(12)23-3)10-14-16(20)18-17(25-14)19-4-6-24-7-5-19/h8-10H,4-7H2,1-3H3/b14-10-. The molecule has 0 bridgehead atoms. The molecule has 134 valence electrons. The lowest BCUT2D eigenvalue weighted by Gasteiger charge is -2.27. The Bertz CT molecular complexity index is 701. The molecular weight excluding hydrogens is 344 g/mol. The molecule has 1 saturated heterocycles. The van der Waals surface area contributed by atoms with Crippen molar-refractivity contribution in [3.05, 3.63) is 22.6 Å². The topological polar surface area (TPSA) is 69.6 Å². The Morgan fingerprint density at radius 1 is 1.12 bits per heavy atom. The molecule has 2 aliphatic rings. The molecule has 0 spiro atoms. The summed E-state index contributed by atoms with van der Waals surface area (Å²) in [7, 11) is 4.67. The highest BCUT2D eigenvalue weighted by Gasteiger charge is 2.27. The Morgan fingerprint density at radius 2 is 1.76 bits per heavy atom. The molecule has 1 aromatic carbocycles. The molecule has 7 nitrogen and oxygen atoms in total. The van der Waals surface area contributed by atoms with Crippen LogP contribution in [0.25, 0.3) is 6.08 Å². The van der Waals surface area contributed by atoms with Gasteiger partial charge in [-0.05, 0) is 35.5 Å². The molecular formula is C17H20N2O5S. The number of aliphatic imine (C=N–C) groups is 1. The van der Waals surface area contributed by atoms with E-state index in [-0.39, 0.29) is 5.91 Å². The second-order valence-corrected chi connectivity index (χ2v) is 6.38. The van der Waals surface area contributed by atoms with E-state index in [0.29, 0.717) is 35.4 Å². The van der Waals surface area contributed by atoms with Crippen molar-refractivity contribution >= 4 is 28.9 Å². The number of amidine groups is 1. The fourth-order valence-electron chi connectivity index (χ4n) is 2.62. The van der Waals surface area contributed by atoms with Gasteiger partial charge in [0, 0.05) is 13.1 Å². The van der Waals surface area contributed by atoms with Gasteiger partial charge in [-0.2, -0.15) is 4.99 Å². The van der Waals surface area contributed by atoms with Gasteiger partial charge in [0.15, 0.2) is 16.7 Å². The van der Waals surface area contributed by atoms with E-state index in [1.54, 1.807) is 39.5 Å². The van der Waals surface area contributed by atoms with Crippen LogP contribution in [0.15, 0.2) is 22.0 Å². The quantitative estimate of drug-likeness (QED) is 0.757. The largest absolute Gasteiger partial charge is 0.493 e. The van der Waals surface area contributed by atoms with Crippen LogP contribution in [0, 0.1) is 0 Å². The zero-order valence-corrected chi connectivity index (χ0v) is 15.2. The highest BCUT2D eigenvalue weighted by molar-refractivity contribution is 8.18. The fourth-order valence-corrected chi connectivity index (χ4v) is 3.59. The molecule has 2 aliphatic heterocycles. The van der Waals surface area contributed by atoms with Gasteiger partial charge in [0.1, 0.15) is 0 Å². The molecule has 25 heavy (non-hydrogen) atoms. The van der Waals surface area contributed by atoms with Crippen LogP contribution in [-0.2, 0) is 9.53 Å². The number of hydrogen-bond acceptors (Lipinski definition) is 7. The number of carbonyl (C=O) groups excluding carboxylic acids is 1. The zero-order chi connectivity index (χ0) is 17.8. The highest BCUT2D eigenvalue weighted by Crippen LogP contribution is 2.40. The summed E-state index contributed by atoms with van der Waals surface area (Å²) < 4.78 is 21.4. The van der Waals surface area contributed by atoms with Gasteiger partial charge in [-0.1, -0.05) is 0 Å². The maximum Gasteiger partial charge on any atom is 0.286 e. The smallest absolute Gasteiger partial charge is 0.286 e. The van der Waals surface area contributed by atoms with Crippen LogP contribution in [-0.4, -0.2) is 63.6 Å². The highest BCUT2D eigenvalue weighted by atomic mass is 32.2. The van der Waals surface area contributed by atoms with E-state index >= 15 is 0 Å². The summed E-state index contributed by atoms with van der Waals surface area (Å²) in [6.45, 7) is 2.80. The summed E-state index contributed by atoms with van der Waals surface area (Å²) in [6.07, 6.45) is 1.79. The number of nitrogens with zero attached hydrogens (tertiary/aromatic N) is 2. The van der Waals surface area contributed by atoms with E-state index in [2.05, 4.69) is 9.89 Å². The normalized spacial score (nSPS) is 19.2. The van der Waals surface area contributed by atoms with Gasteiger partial charge in [-0.25, -0.2) is 0 Å². The van der Waals surface area contributed by atoms with E-state index in [1.165, 1.54) is 11.8 Å². The summed E-state index contributed by atoms with van der Waals surface area (Å²) in [5.41, 5.74) is 0.781. The lowest BCUT2D eigenvalue weighted by Crippen LogP contribution is -2.38. The number of carbonyl (C=O) groups is 1. The SMILES string of the molecule is COc1cc(/C=C2\SC(N3CCOCC3)=NC2=O)cc(OC)c1OC. The molecule has 0 aliphatic carbocycles. The number of ether oxygens (including phenoxy) is 4. The molecule has 0 unspecified atom stereocenters. The first-order chi connectivity index (χ1) is 12.2. The second kappa shape index (κ2) is 7.79.